The van der Waals surface area contributed by atoms with Crippen LogP contribution in [0.3, 0.4) is 0 Å². The Bertz CT molecular complexity index is 1820. The molecule has 0 spiro atoms. The molecule has 0 bridgehead atoms. The fraction of sp³-hybridized carbons (Fsp3) is 0.143. The molecular weight excluding hydrogens is 452 g/mol. The number of fused-ring (bicyclic) bond motifs is 7. The lowest BCUT2D eigenvalue weighted by atomic mass is 9.88. The Morgan fingerprint density at radius 3 is 2.00 bits per heavy atom. The number of hydrogen-bond donors (Lipinski definition) is 0. The molecule has 0 atom stereocenters. The van der Waals surface area contributed by atoms with Gasteiger partial charge in [-0.2, -0.15) is 0 Å². The average Bonchev–Trinajstić information content (AvgIpc) is 3.50. The van der Waals surface area contributed by atoms with Crippen molar-refractivity contribution in [2.45, 2.75) is 32.1 Å². The van der Waals surface area contributed by atoms with E-state index in [1.807, 2.05) is 11.3 Å². The molecule has 172 valence electrons. The standard InChI is InChI=1S/C35H26S/c1-2-7-23-18-24(13-12-22(23)6-1)25-14-15-26-19-27-16-17-28(21-33(27)32(26)20-25)29-9-5-10-31-30-8-3-4-11-34(30)36-35(29)31/h3-5,8-18,20-21H,1-2,6-7,19H2. The molecule has 0 aliphatic heterocycles. The molecule has 0 N–H and O–H groups in total. The summed E-state index contributed by atoms with van der Waals surface area (Å²) in [5.41, 5.74) is 14.2. The maximum atomic E-state index is 2.45. The summed E-state index contributed by atoms with van der Waals surface area (Å²) in [5.74, 6) is 0. The van der Waals surface area contributed by atoms with Crippen LogP contribution in [0.5, 0.6) is 0 Å². The summed E-state index contributed by atoms with van der Waals surface area (Å²) < 4.78 is 2.75. The van der Waals surface area contributed by atoms with Gasteiger partial charge in [0.1, 0.15) is 0 Å². The van der Waals surface area contributed by atoms with E-state index in [0.717, 1.165) is 6.42 Å². The van der Waals surface area contributed by atoms with Gasteiger partial charge < -0.3 is 0 Å². The first-order chi connectivity index (χ1) is 17.8. The summed E-state index contributed by atoms with van der Waals surface area (Å²) in [7, 11) is 0. The van der Waals surface area contributed by atoms with Crippen LogP contribution in [-0.4, -0.2) is 0 Å². The summed E-state index contributed by atoms with van der Waals surface area (Å²) in [4.78, 5) is 0. The lowest BCUT2D eigenvalue weighted by Gasteiger charge is -2.17. The minimum absolute atomic E-state index is 1.03. The van der Waals surface area contributed by atoms with Crippen molar-refractivity contribution in [3.8, 4) is 33.4 Å². The first kappa shape index (κ1) is 20.5. The van der Waals surface area contributed by atoms with Crippen molar-refractivity contribution in [2.24, 2.45) is 0 Å². The van der Waals surface area contributed by atoms with Crippen LogP contribution in [0, 0.1) is 0 Å². The third-order valence-corrected chi connectivity index (χ3v) is 9.51. The molecule has 36 heavy (non-hydrogen) atoms. The Labute approximate surface area is 215 Å². The van der Waals surface area contributed by atoms with Gasteiger partial charge in [0.2, 0.25) is 0 Å². The molecule has 1 heteroatoms. The number of thiophene rings is 1. The van der Waals surface area contributed by atoms with Crippen LogP contribution in [0.25, 0.3) is 53.6 Å². The van der Waals surface area contributed by atoms with E-state index < -0.39 is 0 Å². The van der Waals surface area contributed by atoms with Gasteiger partial charge in [0.15, 0.2) is 0 Å². The molecule has 0 amide bonds. The summed E-state index contributed by atoms with van der Waals surface area (Å²) in [6.45, 7) is 0. The van der Waals surface area contributed by atoms with Gasteiger partial charge in [-0.05, 0) is 106 Å². The molecule has 1 aromatic heterocycles. The molecule has 8 rings (SSSR count). The highest BCUT2D eigenvalue weighted by Crippen LogP contribution is 2.44. The van der Waals surface area contributed by atoms with Crippen LogP contribution >= 0.6 is 11.3 Å². The SMILES string of the molecule is c1ccc2c(c1)sc1c(-c3ccc4c(c3)-c3cc(-c5ccc6c(c5)CCCC6)ccc3C4)cccc12. The Hall–Kier alpha value is -3.68. The lowest BCUT2D eigenvalue weighted by molar-refractivity contribution is 0.686. The highest BCUT2D eigenvalue weighted by Gasteiger charge is 2.21. The van der Waals surface area contributed by atoms with Crippen molar-refractivity contribution >= 4 is 31.5 Å². The van der Waals surface area contributed by atoms with Gasteiger partial charge in [-0.1, -0.05) is 78.9 Å². The molecule has 5 aromatic carbocycles. The second-order valence-electron chi connectivity index (χ2n) is 10.4. The van der Waals surface area contributed by atoms with E-state index in [-0.39, 0.29) is 0 Å². The number of hydrogen-bond acceptors (Lipinski definition) is 1. The largest absolute Gasteiger partial charge is 0.135 e. The highest BCUT2D eigenvalue weighted by molar-refractivity contribution is 7.26. The monoisotopic (exact) mass is 478 g/mol. The normalized spacial score (nSPS) is 14.1. The van der Waals surface area contributed by atoms with Crippen molar-refractivity contribution in [3.05, 3.63) is 119 Å². The van der Waals surface area contributed by atoms with Gasteiger partial charge >= 0.3 is 0 Å². The first-order valence-electron chi connectivity index (χ1n) is 13.1. The van der Waals surface area contributed by atoms with Gasteiger partial charge in [-0.25, -0.2) is 0 Å². The van der Waals surface area contributed by atoms with Crippen LogP contribution in [0.1, 0.15) is 35.1 Å². The smallest absolute Gasteiger partial charge is 0.0433 e. The molecule has 0 saturated heterocycles. The van der Waals surface area contributed by atoms with E-state index in [1.165, 1.54) is 90.4 Å². The predicted molar refractivity (Wildman–Crippen MR) is 155 cm³/mol. The fourth-order valence-electron chi connectivity index (χ4n) is 6.40. The van der Waals surface area contributed by atoms with E-state index in [2.05, 4.69) is 97.1 Å². The predicted octanol–water partition coefficient (Wildman–Crippen LogP) is 9.84. The summed E-state index contributed by atoms with van der Waals surface area (Å²) in [5, 5.41) is 2.73. The van der Waals surface area contributed by atoms with E-state index in [4.69, 9.17) is 0 Å². The van der Waals surface area contributed by atoms with Crippen LogP contribution in [0.2, 0.25) is 0 Å². The summed E-state index contributed by atoms with van der Waals surface area (Å²) in [6.07, 6.45) is 6.15. The molecule has 0 fully saturated rings. The lowest BCUT2D eigenvalue weighted by Crippen LogP contribution is -2.02. The van der Waals surface area contributed by atoms with Crippen LogP contribution in [-0.2, 0) is 19.3 Å². The summed E-state index contributed by atoms with van der Waals surface area (Å²) >= 11 is 1.91. The Morgan fingerprint density at radius 1 is 0.472 bits per heavy atom. The number of aryl methyl sites for hydroxylation is 2. The topological polar surface area (TPSA) is 0 Å². The van der Waals surface area contributed by atoms with E-state index >= 15 is 0 Å². The number of benzene rings is 5. The van der Waals surface area contributed by atoms with Crippen molar-refractivity contribution in [1.29, 1.82) is 0 Å². The van der Waals surface area contributed by atoms with Gasteiger partial charge in [0.25, 0.3) is 0 Å². The zero-order valence-corrected chi connectivity index (χ0v) is 21.0. The Kier molecular flexibility index (Phi) is 4.51. The minimum atomic E-state index is 1.03. The second kappa shape index (κ2) is 7.91. The molecule has 6 aromatic rings. The molecule has 2 aliphatic rings. The maximum absolute atomic E-state index is 2.45. The van der Waals surface area contributed by atoms with Gasteiger partial charge in [0.05, 0.1) is 0 Å². The molecule has 0 saturated carbocycles. The Morgan fingerprint density at radius 2 is 1.14 bits per heavy atom. The Balaban J connectivity index is 1.25. The molecule has 0 unspecified atom stereocenters. The molecule has 0 radical (unpaired) electrons. The molecule has 1 heterocycles. The molecule has 0 nitrogen and oxygen atoms in total. The van der Waals surface area contributed by atoms with Crippen molar-refractivity contribution in [2.75, 3.05) is 0 Å². The zero-order chi connectivity index (χ0) is 23.6. The zero-order valence-electron chi connectivity index (χ0n) is 20.2. The minimum Gasteiger partial charge on any atom is -0.135 e. The van der Waals surface area contributed by atoms with Gasteiger partial charge in [-0.15, -0.1) is 11.3 Å². The third kappa shape index (κ3) is 3.13. The number of rotatable bonds is 2. The first-order valence-corrected chi connectivity index (χ1v) is 13.9. The highest BCUT2D eigenvalue weighted by atomic mass is 32.1. The average molecular weight is 479 g/mol. The van der Waals surface area contributed by atoms with E-state index in [0.29, 0.717) is 0 Å². The van der Waals surface area contributed by atoms with E-state index in [9.17, 15) is 0 Å². The van der Waals surface area contributed by atoms with E-state index in [1.54, 1.807) is 11.1 Å². The van der Waals surface area contributed by atoms with Crippen molar-refractivity contribution in [1.82, 2.24) is 0 Å². The fourth-order valence-corrected chi connectivity index (χ4v) is 7.64. The second-order valence-corrected chi connectivity index (χ2v) is 11.4. The van der Waals surface area contributed by atoms with Crippen molar-refractivity contribution < 1.29 is 0 Å². The van der Waals surface area contributed by atoms with Gasteiger partial charge in [0, 0.05) is 20.2 Å². The van der Waals surface area contributed by atoms with Crippen LogP contribution in [0.15, 0.2) is 97.1 Å². The van der Waals surface area contributed by atoms with Crippen LogP contribution < -0.4 is 0 Å². The van der Waals surface area contributed by atoms with Crippen LogP contribution in [0.4, 0.5) is 0 Å². The molecule has 2 aliphatic carbocycles. The van der Waals surface area contributed by atoms with Crippen molar-refractivity contribution in [3.63, 3.8) is 0 Å². The van der Waals surface area contributed by atoms with Gasteiger partial charge in [-0.3, -0.25) is 0 Å². The summed E-state index contributed by atoms with van der Waals surface area (Å²) in [6, 6.07) is 37.0. The molecular formula is C35H26S. The maximum Gasteiger partial charge on any atom is 0.0433 e. The quantitative estimate of drug-likeness (QED) is 0.232. The third-order valence-electron chi connectivity index (χ3n) is 8.29.